The summed E-state index contributed by atoms with van der Waals surface area (Å²) in [7, 11) is 1.69. The van der Waals surface area contributed by atoms with Crippen molar-refractivity contribution in [2.24, 2.45) is 7.05 Å². The lowest BCUT2D eigenvalue weighted by molar-refractivity contribution is -0.127. The van der Waals surface area contributed by atoms with E-state index in [-0.39, 0.29) is 23.1 Å². The third-order valence-corrected chi connectivity index (χ3v) is 6.83. The Morgan fingerprint density at radius 2 is 2.07 bits per heavy atom. The van der Waals surface area contributed by atoms with Crippen LogP contribution in [-0.2, 0) is 29.5 Å². The fraction of sp³-hybridized carbons (Fsp3) is 0.556. The first-order chi connectivity index (χ1) is 12.9. The molecule has 0 saturated carbocycles. The lowest BCUT2D eigenvalue weighted by Gasteiger charge is -2.13. The van der Waals surface area contributed by atoms with Crippen LogP contribution in [0.2, 0.25) is 0 Å². The highest BCUT2D eigenvalue weighted by Crippen LogP contribution is 2.34. The normalized spacial score (nSPS) is 14.6. The molecule has 2 amide bonds. The van der Waals surface area contributed by atoms with Crippen LogP contribution < -0.4 is 16.2 Å². The van der Waals surface area contributed by atoms with Gasteiger partial charge in [-0.25, -0.2) is 4.98 Å². The highest BCUT2D eigenvalue weighted by molar-refractivity contribution is 7.99. The fourth-order valence-corrected chi connectivity index (χ4v) is 5.29. The van der Waals surface area contributed by atoms with E-state index in [9.17, 15) is 14.4 Å². The quantitative estimate of drug-likeness (QED) is 0.560. The van der Waals surface area contributed by atoms with E-state index in [0.29, 0.717) is 11.7 Å². The van der Waals surface area contributed by atoms with Crippen molar-refractivity contribution in [1.29, 1.82) is 0 Å². The summed E-state index contributed by atoms with van der Waals surface area (Å²) < 4.78 is 1.52. The predicted molar refractivity (Wildman–Crippen MR) is 109 cm³/mol. The SMILES string of the molecule is CCNC(=O)[C@H](C)NC(=O)CSc1nc2sc3c(c2c(=O)n1C)CCCC3. The minimum Gasteiger partial charge on any atom is -0.355 e. The van der Waals surface area contributed by atoms with Gasteiger partial charge in [0.1, 0.15) is 10.9 Å². The van der Waals surface area contributed by atoms with Gasteiger partial charge in [-0.3, -0.25) is 19.0 Å². The average Bonchev–Trinajstić information content (AvgIpc) is 3.02. The Kier molecular flexibility index (Phi) is 6.21. The number of hydrogen-bond acceptors (Lipinski definition) is 6. The summed E-state index contributed by atoms with van der Waals surface area (Å²) >= 11 is 2.81. The first kappa shape index (κ1) is 19.9. The molecular weight excluding hydrogens is 384 g/mol. The summed E-state index contributed by atoms with van der Waals surface area (Å²) in [4.78, 5) is 43.3. The summed E-state index contributed by atoms with van der Waals surface area (Å²) in [5.41, 5.74) is 1.12. The van der Waals surface area contributed by atoms with Gasteiger partial charge in [-0.2, -0.15) is 0 Å². The molecule has 1 atom stereocenters. The number of likely N-dealkylation sites (N-methyl/N-ethyl adjacent to an activating group) is 1. The minimum atomic E-state index is -0.596. The number of fused-ring (bicyclic) bond motifs is 3. The maximum absolute atomic E-state index is 12.8. The van der Waals surface area contributed by atoms with Crippen LogP contribution in [0.1, 0.15) is 37.1 Å². The molecule has 2 heterocycles. The Hall–Kier alpha value is -1.87. The molecule has 0 aromatic carbocycles. The van der Waals surface area contributed by atoms with E-state index >= 15 is 0 Å². The molecule has 0 radical (unpaired) electrons. The largest absolute Gasteiger partial charge is 0.355 e. The first-order valence-corrected chi connectivity index (χ1v) is 10.9. The smallest absolute Gasteiger partial charge is 0.262 e. The van der Waals surface area contributed by atoms with E-state index in [4.69, 9.17) is 0 Å². The molecule has 0 fully saturated rings. The van der Waals surface area contributed by atoms with E-state index in [0.717, 1.165) is 35.9 Å². The Labute approximate surface area is 165 Å². The highest BCUT2D eigenvalue weighted by Gasteiger charge is 2.22. The number of thiophene rings is 1. The molecule has 2 aromatic heterocycles. The Bertz CT molecular complexity index is 935. The monoisotopic (exact) mass is 408 g/mol. The summed E-state index contributed by atoms with van der Waals surface area (Å²) in [5.74, 6) is -0.383. The Morgan fingerprint density at radius 1 is 1.33 bits per heavy atom. The minimum absolute atomic E-state index is 0.0435. The zero-order valence-electron chi connectivity index (χ0n) is 15.8. The van der Waals surface area contributed by atoms with Crippen molar-refractivity contribution < 1.29 is 9.59 Å². The van der Waals surface area contributed by atoms with E-state index in [1.54, 1.807) is 25.3 Å². The van der Waals surface area contributed by atoms with Crippen molar-refractivity contribution >= 4 is 45.1 Å². The number of hydrogen-bond donors (Lipinski definition) is 2. The molecule has 0 saturated heterocycles. The number of carbonyl (C=O) groups excluding carboxylic acids is 2. The number of thioether (sulfide) groups is 1. The highest BCUT2D eigenvalue weighted by atomic mass is 32.2. The van der Waals surface area contributed by atoms with Gasteiger partial charge in [-0.15, -0.1) is 11.3 Å². The number of aryl methyl sites for hydroxylation is 2. The molecule has 0 unspecified atom stereocenters. The molecule has 146 valence electrons. The molecule has 0 bridgehead atoms. The second-order valence-corrected chi connectivity index (χ2v) is 8.65. The summed E-state index contributed by atoms with van der Waals surface area (Å²) in [5, 5.41) is 6.60. The third-order valence-electron chi connectivity index (χ3n) is 4.61. The lowest BCUT2D eigenvalue weighted by Crippen LogP contribution is -2.45. The van der Waals surface area contributed by atoms with Crippen LogP contribution in [-0.4, -0.2) is 39.7 Å². The second-order valence-electron chi connectivity index (χ2n) is 6.62. The zero-order chi connectivity index (χ0) is 19.6. The van der Waals surface area contributed by atoms with Crippen LogP contribution in [0.5, 0.6) is 0 Å². The molecule has 3 rings (SSSR count). The lowest BCUT2D eigenvalue weighted by atomic mass is 9.97. The molecule has 2 aromatic rings. The molecule has 27 heavy (non-hydrogen) atoms. The van der Waals surface area contributed by atoms with Gasteiger partial charge in [-0.1, -0.05) is 11.8 Å². The van der Waals surface area contributed by atoms with Crippen molar-refractivity contribution in [2.75, 3.05) is 12.3 Å². The first-order valence-electron chi connectivity index (χ1n) is 9.13. The summed E-state index contributed by atoms with van der Waals surface area (Å²) in [6.45, 7) is 3.99. The maximum atomic E-state index is 12.8. The molecule has 7 nitrogen and oxygen atoms in total. The molecule has 0 aliphatic heterocycles. The van der Waals surface area contributed by atoms with Gasteiger partial charge in [0, 0.05) is 18.5 Å². The van der Waals surface area contributed by atoms with Gasteiger partial charge in [-0.05, 0) is 45.1 Å². The molecule has 9 heteroatoms. The van der Waals surface area contributed by atoms with Crippen molar-refractivity contribution in [3.8, 4) is 0 Å². The molecular formula is C18H24N4O3S2. The van der Waals surface area contributed by atoms with Crippen LogP contribution in [0.25, 0.3) is 10.2 Å². The van der Waals surface area contributed by atoms with Gasteiger partial charge < -0.3 is 10.6 Å². The van der Waals surface area contributed by atoms with Crippen molar-refractivity contribution in [2.45, 2.75) is 50.7 Å². The van der Waals surface area contributed by atoms with Gasteiger partial charge >= 0.3 is 0 Å². The topological polar surface area (TPSA) is 93.1 Å². The zero-order valence-corrected chi connectivity index (χ0v) is 17.4. The number of nitrogens with zero attached hydrogens (tertiary/aromatic N) is 2. The fourth-order valence-electron chi connectivity index (χ4n) is 3.20. The van der Waals surface area contributed by atoms with E-state index in [1.165, 1.54) is 26.8 Å². The van der Waals surface area contributed by atoms with Gasteiger partial charge in [0.15, 0.2) is 5.16 Å². The van der Waals surface area contributed by atoms with Gasteiger partial charge in [0.25, 0.3) is 5.56 Å². The second kappa shape index (κ2) is 8.43. The Morgan fingerprint density at radius 3 is 2.81 bits per heavy atom. The number of carbonyl (C=O) groups is 2. The number of aromatic nitrogens is 2. The van der Waals surface area contributed by atoms with Crippen molar-refractivity contribution in [3.63, 3.8) is 0 Å². The van der Waals surface area contributed by atoms with E-state index in [1.807, 2.05) is 6.92 Å². The van der Waals surface area contributed by atoms with Crippen molar-refractivity contribution in [1.82, 2.24) is 20.2 Å². The number of amides is 2. The molecule has 2 N–H and O–H groups in total. The van der Waals surface area contributed by atoms with Crippen LogP contribution in [0, 0.1) is 0 Å². The molecule has 0 spiro atoms. The van der Waals surface area contributed by atoms with Gasteiger partial charge in [0.05, 0.1) is 11.1 Å². The number of rotatable bonds is 6. The van der Waals surface area contributed by atoms with Crippen LogP contribution in [0.3, 0.4) is 0 Å². The summed E-state index contributed by atoms with van der Waals surface area (Å²) in [6, 6.07) is -0.596. The summed E-state index contributed by atoms with van der Waals surface area (Å²) in [6.07, 6.45) is 4.23. The van der Waals surface area contributed by atoms with E-state index in [2.05, 4.69) is 15.6 Å². The molecule has 1 aliphatic carbocycles. The van der Waals surface area contributed by atoms with Crippen LogP contribution in [0.15, 0.2) is 9.95 Å². The van der Waals surface area contributed by atoms with E-state index < -0.39 is 6.04 Å². The molecule has 1 aliphatic rings. The van der Waals surface area contributed by atoms with Crippen LogP contribution >= 0.6 is 23.1 Å². The van der Waals surface area contributed by atoms with Gasteiger partial charge in [0.2, 0.25) is 11.8 Å². The standard InChI is InChI=1S/C18H24N4O3S2/c1-4-19-15(24)10(2)20-13(23)9-26-18-21-16-14(17(25)22(18)3)11-7-5-6-8-12(11)27-16/h10H,4-9H2,1-3H3,(H,19,24)(H,20,23)/t10-/m0/s1. The predicted octanol–water partition coefficient (Wildman–Crippen LogP) is 1.61. The average molecular weight is 409 g/mol. The van der Waals surface area contributed by atoms with Crippen LogP contribution in [0.4, 0.5) is 0 Å². The Balaban J connectivity index is 1.74. The maximum Gasteiger partial charge on any atom is 0.262 e. The third kappa shape index (κ3) is 4.19. The van der Waals surface area contributed by atoms with Crippen molar-refractivity contribution in [3.05, 3.63) is 20.8 Å². The number of nitrogens with one attached hydrogen (secondary N) is 2.